The highest BCUT2D eigenvalue weighted by Gasteiger charge is 2.15. The van der Waals surface area contributed by atoms with Crippen molar-refractivity contribution in [3.05, 3.63) is 54.1 Å². The third kappa shape index (κ3) is 8.55. The monoisotopic (exact) mass is 411 g/mol. The van der Waals surface area contributed by atoms with E-state index in [0.29, 0.717) is 29.5 Å². The zero-order valence-corrected chi connectivity index (χ0v) is 18.5. The van der Waals surface area contributed by atoms with Crippen LogP contribution in [-0.4, -0.2) is 30.5 Å². The van der Waals surface area contributed by atoms with Crippen LogP contribution in [0.2, 0.25) is 0 Å². The Bertz CT molecular complexity index is 840. The minimum atomic E-state index is -0.310. The van der Waals surface area contributed by atoms with Gasteiger partial charge < -0.3 is 20.7 Å². The van der Waals surface area contributed by atoms with Crippen LogP contribution in [0.3, 0.4) is 0 Å². The van der Waals surface area contributed by atoms with Gasteiger partial charge in [-0.05, 0) is 75.6 Å². The lowest BCUT2D eigenvalue weighted by Gasteiger charge is -2.20. The Morgan fingerprint density at radius 2 is 1.70 bits per heavy atom. The first-order valence-corrected chi connectivity index (χ1v) is 10.3. The first-order valence-electron chi connectivity index (χ1n) is 10.3. The maximum atomic E-state index is 12.3. The molecule has 0 heterocycles. The molecule has 3 N–H and O–H groups in total. The fraction of sp³-hybridized carbons (Fsp3) is 0.417. The SMILES string of the molecule is CC(C)CCOc1ccc(NC(=O)CNc2cccc(C(=O)NC(C)(C)C)c2)cc1. The molecule has 6 nitrogen and oxygen atoms in total. The number of hydrogen-bond donors (Lipinski definition) is 3. The first kappa shape index (κ1) is 23.3. The van der Waals surface area contributed by atoms with E-state index in [2.05, 4.69) is 29.8 Å². The van der Waals surface area contributed by atoms with Crippen molar-refractivity contribution in [3.8, 4) is 5.75 Å². The molecule has 0 spiro atoms. The average Bonchev–Trinajstić information content (AvgIpc) is 2.66. The molecule has 0 fully saturated rings. The summed E-state index contributed by atoms with van der Waals surface area (Å²) < 4.78 is 5.69. The lowest BCUT2D eigenvalue weighted by Crippen LogP contribution is -2.40. The van der Waals surface area contributed by atoms with Crippen LogP contribution in [0.1, 0.15) is 51.4 Å². The van der Waals surface area contributed by atoms with E-state index in [9.17, 15) is 9.59 Å². The number of benzene rings is 2. The summed E-state index contributed by atoms with van der Waals surface area (Å²) in [7, 11) is 0. The van der Waals surface area contributed by atoms with E-state index in [1.54, 1.807) is 18.2 Å². The minimum absolute atomic E-state index is 0.0942. The van der Waals surface area contributed by atoms with Gasteiger partial charge in [0.05, 0.1) is 13.2 Å². The number of ether oxygens (including phenoxy) is 1. The molecule has 6 heteroatoms. The second-order valence-electron chi connectivity index (χ2n) is 8.74. The number of nitrogens with one attached hydrogen (secondary N) is 3. The normalized spacial score (nSPS) is 11.1. The Balaban J connectivity index is 1.83. The molecular weight excluding hydrogens is 378 g/mol. The van der Waals surface area contributed by atoms with Gasteiger partial charge >= 0.3 is 0 Å². The summed E-state index contributed by atoms with van der Waals surface area (Å²) in [5.41, 5.74) is 1.65. The fourth-order valence-corrected chi connectivity index (χ4v) is 2.62. The molecule has 0 saturated heterocycles. The topological polar surface area (TPSA) is 79.5 Å². The van der Waals surface area contributed by atoms with Crippen molar-refractivity contribution >= 4 is 23.2 Å². The molecule has 0 aliphatic heterocycles. The van der Waals surface area contributed by atoms with Crippen molar-refractivity contribution in [2.24, 2.45) is 5.92 Å². The van der Waals surface area contributed by atoms with Crippen LogP contribution in [-0.2, 0) is 4.79 Å². The highest BCUT2D eigenvalue weighted by atomic mass is 16.5. The largest absolute Gasteiger partial charge is 0.494 e. The second kappa shape index (κ2) is 10.7. The van der Waals surface area contributed by atoms with Crippen LogP contribution in [0.15, 0.2) is 48.5 Å². The first-order chi connectivity index (χ1) is 14.1. The van der Waals surface area contributed by atoms with Crippen LogP contribution in [0.25, 0.3) is 0 Å². The van der Waals surface area contributed by atoms with E-state index >= 15 is 0 Å². The summed E-state index contributed by atoms with van der Waals surface area (Å²) in [5, 5.41) is 8.83. The van der Waals surface area contributed by atoms with Crippen LogP contribution in [0.5, 0.6) is 5.75 Å². The number of anilines is 2. The zero-order valence-electron chi connectivity index (χ0n) is 18.5. The second-order valence-corrected chi connectivity index (χ2v) is 8.74. The summed E-state index contributed by atoms with van der Waals surface area (Å²) in [6.07, 6.45) is 1.00. The van der Waals surface area contributed by atoms with Gasteiger partial charge in [-0.25, -0.2) is 0 Å². The van der Waals surface area contributed by atoms with Gasteiger partial charge in [0.2, 0.25) is 5.91 Å². The molecule has 0 aromatic heterocycles. The van der Waals surface area contributed by atoms with E-state index < -0.39 is 0 Å². The molecule has 0 aliphatic rings. The van der Waals surface area contributed by atoms with Crippen molar-refractivity contribution < 1.29 is 14.3 Å². The Morgan fingerprint density at radius 1 is 1.00 bits per heavy atom. The van der Waals surface area contributed by atoms with Gasteiger partial charge in [0, 0.05) is 22.5 Å². The summed E-state index contributed by atoms with van der Waals surface area (Å²) >= 11 is 0. The molecule has 30 heavy (non-hydrogen) atoms. The average molecular weight is 412 g/mol. The van der Waals surface area contributed by atoms with Gasteiger partial charge in [-0.3, -0.25) is 9.59 Å². The van der Waals surface area contributed by atoms with E-state index in [1.807, 2.05) is 51.1 Å². The molecule has 0 aliphatic carbocycles. The van der Waals surface area contributed by atoms with Gasteiger partial charge in [0.15, 0.2) is 0 Å². The van der Waals surface area contributed by atoms with E-state index in [1.165, 1.54) is 0 Å². The lowest BCUT2D eigenvalue weighted by molar-refractivity contribution is -0.114. The minimum Gasteiger partial charge on any atom is -0.494 e. The van der Waals surface area contributed by atoms with Crippen LogP contribution >= 0.6 is 0 Å². The number of carbonyl (C=O) groups excluding carboxylic acids is 2. The molecule has 2 rings (SSSR count). The maximum absolute atomic E-state index is 12.3. The van der Waals surface area contributed by atoms with Crippen LogP contribution < -0.4 is 20.7 Å². The Kier molecular flexibility index (Phi) is 8.27. The third-order valence-electron chi connectivity index (χ3n) is 4.17. The Morgan fingerprint density at radius 3 is 2.33 bits per heavy atom. The quantitative estimate of drug-likeness (QED) is 0.559. The predicted molar refractivity (Wildman–Crippen MR) is 122 cm³/mol. The molecule has 2 aromatic rings. The summed E-state index contributed by atoms with van der Waals surface area (Å²) in [5.74, 6) is 1.07. The molecule has 2 aromatic carbocycles. The lowest BCUT2D eigenvalue weighted by atomic mass is 10.1. The Hall–Kier alpha value is -3.02. The number of carbonyl (C=O) groups is 2. The van der Waals surface area contributed by atoms with E-state index in [0.717, 1.165) is 12.2 Å². The molecular formula is C24H33N3O3. The Labute approximate surface area is 179 Å². The number of rotatable bonds is 9. The molecule has 0 atom stereocenters. The molecule has 0 saturated carbocycles. The fourth-order valence-electron chi connectivity index (χ4n) is 2.62. The van der Waals surface area contributed by atoms with Gasteiger partial charge in [-0.1, -0.05) is 19.9 Å². The summed E-state index contributed by atoms with van der Waals surface area (Å²) in [4.78, 5) is 24.5. The molecule has 0 radical (unpaired) electrons. The summed E-state index contributed by atoms with van der Waals surface area (Å²) in [6.45, 7) is 10.9. The predicted octanol–water partition coefficient (Wildman–Crippen LogP) is 4.69. The van der Waals surface area contributed by atoms with Crippen molar-refractivity contribution in [2.75, 3.05) is 23.8 Å². The highest BCUT2D eigenvalue weighted by Crippen LogP contribution is 2.17. The smallest absolute Gasteiger partial charge is 0.251 e. The standard InChI is InChI=1S/C24H33N3O3/c1-17(2)13-14-30-21-11-9-19(10-12-21)26-22(28)16-25-20-8-6-7-18(15-20)23(29)27-24(3,4)5/h6-12,15,17,25H,13-14,16H2,1-5H3,(H,26,28)(H,27,29). The maximum Gasteiger partial charge on any atom is 0.251 e. The van der Waals surface area contributed by atoms with Crippen molar-refractivity contribution in [1.29, 1.82) is 0 Å². The van der Waals surface area contributed by atoms with Crippen molar-refractivity contribution in [1.82, 2.24) is 5.32 Å². The van der Waals surface area contributed by atoms with Gasteiger partial charge in [0.1, 0.15) is 5.75 Å². The van der Waals surface area contributed by atoms with Crippen LogP contribution in [0.4, 0.5) is 11.4 Å². The van der Waals surface area contributed by atoms with Gasteiger partial charge in [-0.2, -0.15) is 0 Å². The number of amides is 2. The van der Waals surface area contributed by atoms with Gasteiger partial charge in [-0.15, -0.1) is 0 Å². The van der Waals surface area contributed by atoms with Crippen molar-refractivity contribution in [3.63, 3.8) is 0 Å². The van der Waals surface area contributed by atoms with Gasteiger partial charge in [0.25, 0.3) is 5.91 Å². The molecule has 2 amide bonds. The van der Waals surface area contributed by atoms with E-state index in [4.69, 9.17) is 4.74 Å². The molecule has 162 valence electrons. The van der Waals surface area contributed by atoms with Crippen molar-refractivity contribution in [2.45, 2.75) is 46.6 Å². The number of hydrogen-bond acceptors (Lipinski definition) is 4. The summed E-state index contributed by atoms with van der Waals surface area (Å²) in [6, 6.07) is 14.4. The molecule has 0 unspecified atom stereocenters. The van der Waals surface area contributed by atoms with Crippen LogP contribution in [0, 0.1) is 5.92 Å². The van der Waals surface area contributed by atoms with E-state index in [-0.39, 0.29) is 23.9 Å². The molecule has 0 bridgehead atoms. The highest BCUT2D eigenvalue weighted by molar-refractivity contribution is 5.96. The third-order valence-corrected chi connectivity index (χ3v) is 4.17. The zero-order chi connectivity index (χ0) is 22.1.